The van der Waals surface area contributed by atoms with E-state index in [1.165, 1.54) is 24.3 Å². The van der Waals surface area contributed by atoms with Crippen LogP contribution in [0.25, 0.3) is 0 Å². The molecule has 7 nitrogen and oxygen atoms in total. The maximum Gasteiger partial charge on any atom is 0.261 e. The first kappa shape index (κ1) is 22.6. The summed E-state index contributed by atoms with van der Waals surface area (Å²) >= 11 is 5.83. The van der Waals surface area contributed by atoms with Gasteiger partial charge in [-0.05, 0) is 67.6 Å². The lowest BCUT2D eigenvalue weighted by molar-refractivity contribution is -0.127. The van der Waals surface area contributed by atoms with Crippen molar-refractivity contribution in [3.63, 3.8) is 0 Å². The van der Waals surface area contributed by atoms with Crippen LogP contribution < -0.4 is 10.0 Å². The number of carbonyl (C=O) groups excluding carboxylic acids is 2. The number of rotatable bonds is 9. The molecule has 2 N–H and O–H groups in total. The molecule has 0 spiro atoms. The predicted molar refractivity (Wildman–Crippen MR) is 123 cm³/mol. The highest BCUT2D eigenvalue weighted by Crippen LogP contribution is 2.48. The van der Waals surface area contributed by atoms with Crippen molar-refractivity contribution in [3.8, 4) is 0 Å². The Morgan fingerprint density at radius 1 is 1.06 bits per heavy atom. The van der Waals surface area contributed by atoms with Gasteiger partial charge in [0.05, 0.1) is 10.3 Å². The summed E-state index contributed by atoms with van der Waals surface area (Å²) < 4.78 is 27.6. The third-order valence-electron chi connectivity index (χ3n) is 6.06. The van der Waals surface area contributed by atoms with Gasteiger partial charge in [0.2, 0.25) is 11.8 Å². The van der Waals surface area contributed by atoms with Crippen molar-refractivity contribution >= 4 is 39.1 Å². The van der Waals surface area contributed by atoms with E-state index in [1.54, 1.807) is 24.3 Å². The number of halogens is 1. The lowest BCUT2D eigenvalue weighted by Crippen LogP contribution is -2.36. The lowest BCUT2D eigenvalue weighted by Gasteiger charge is -2.18. The predicted octanol–water partition coefficient (Wildman–Crippen LogP) is 3.30. The largest absolute Gasteiger partial charge is 0.355 e. The molecule has 1 aliphatic heterocycles. The zero-order valence-electron chi connectivity index (χ0n) is 17.6. The normalized spacial score (nSPS) is 17.3. The van der Waals surface area contributed by atoms with Gasteiger partial charge in [0.1, 0.15) is 0 Å². The zero-order valence-corrected chi connectivity index (χ0v) is 19.2. The highest BCUT2D eigenvalue weighted by atomic mass is 35.5. The molecule has 32 heavy (non-hydrogen) atoms. The first-order chi connectivity index (χ1) is 15.3. The molecule has 0 atom stereocenters. The van der Waals surface area contributed by atoms with Gasteiger partial charge in [-0.1, -0.05) is 23.7 Å². The molecule has 2 amide bonds. The molecule has 0 bridgehead atoms. The minimum absolute atomic E-state index is 0.0141. The van der Waals surface area contributed by atoms with Crippen molar-refractivity contribution in [1.29, 1.82) is 0 Å². The summed E-state index contributed by atoms with van der Waals surface area (Å²) in [5.74, 6) is 0.182. The molecule has 1 aliphatic carbocycles. The molecule has 1 saturated carbocycles. The van der Waals surface area contributed by atoms with Crippen molar-refractivity contribution in [2.24, 2.45) is 0 Å². The van der Waals surface area contributed by atoms with E-state index in [-0.39, 0.29) is 16.7 Å². The van der Waals surface area contributed by atoms with Crippen LogP contribution >= 0.6 is 11.6 Å². The van der Waals surface area contributed by atoms with Crippen molar-refractivity contribution in [2.45, 2.75) is 42.4 Å². The Morgan fingerprint density at radius 2 is 1.75 bits per heavy atom. The zero-order chi connectivity index (χ0) is 22.8. The van der Waals surface area contributed by atoms with E-state index >= 15 is 0 Å². The Morgan fingerprint density at radius 3 is 2.34 bits per heavy atom. The van der Waals surface area contributed by atoms with E-state index in [0.717, 1.165) is 37.8 Å². The number of nitrogens with one attached hydrogen (secondary N) is 2. The van der Waals surface area contributed by atoms with E-state index in [9.17, 15) is 18.0 Å². The van der Waals surface area contributed by atoms with Crippen LogP contribution in [0.5, 0.6) is 0 Å². The molecule has 9 heteroatoms. The maximum atomic E-state index is 12.8. The molecule has 2 fully saturated rings. The van der Waals surface area contributed by atoms with Gasteiger partial charge in [0, 0.05) is 36.8 Å². The number of benzene rings is 2. The standard InChI is InChI=1S/C23H26ClN3O4S/c24-18-6-10-20(11-7-18)32(30,31)26-19-8-4-17(5-9-19)23(12-13-23)22(29)25-14-2-16-27-15-1-3-21(27)28/h4-11,26H,1-3,12-16H2,(H,25,29). The number of likely N-dealkylation sites (tertiary alicyclic amines) is 1. The number of hydrogen-bond acceptors (Lipinski definition) is 4. The van der Waals surface area contributed by atoms with Gasteiger partial charge in [0.15, 0.2) is 0 Å². The summed E-state index contributed by atoms with van der Waals surface area (Å²) in [6.07, 6.45) is 3.80. The number of nitrogens with zero attached hydrogens (tertiary/aromatic N) is 1. The Labute approximate surface area is 193 Å². The van der Waals surface area contributed by atoms with Gasteiger partial charge in [-0.2, -0.15) is 0 Å². The third-order valence-corrected chi connectivity index (χ3v) is 7.71. The summed E-state index contributed by atoms with van der Waals surface area (Å²) in [6, 6.07) is 12.9. The van der Waals surface area contributed by atoms with E-state index in [0.29, 0.717) is 30.2 Å². The second-order valence-electron chi connectivity index (χ2n) is 8.31. The molecular weight excluding hydrogens is 450 g/mol. The first-order valence-electron chi connectivity index (χ1n) is 10.8. The van der Waals surface area contributed by atoms with E-state index in [4.69, 9.17) is 11.6 Å². The lowest BCUT2D eigenvalue weighted by atomic mass is 9.95. The summed E-state index contributed by atoms with van der Waals surface area (Å²) in [6.45, 7) is 2.02. The molecule has 0 radical (unpaired) electrons. The smallest absolute Gasteiger partial charge is 0.261 e. The highest BCUT2D eigenvalue weighted by Gasteiger charge is 2.51. The quantitative estimate of drug-likeness (QED) is 0.544. The maximum absolute atomic E-state index is 12.8. The Hall–Kier alpha value is -2.58. The summed E-state index contributed by atoms with van der Waals surface area (Å²) in [5, 5.41) is 3.47. The molecule has 2 aromatic rings. The SMILES string of the molecule is O=C1CCCN1CCCNC(=O)C1(c2ccc(NS(=O)(=O)c3ccc(Cl)cc3)cc2)CC1. The summed E-state index contributed by atoms with van der Waals surface area (Å²) in [4.78, 5) is 26.4. The molecule has 1 saturated heterocycles. The second-order valence-corrected chi connectivity index (χ2v) is 10.4. The average Bonchev–Trinajstić information content (AvgIpc) is 3.48. The number of anilines is 1. The Balaban J connectivity index is 1.33. The summed E-state index contributed by atoms with van der Waals surface area (Å²) in [5.41, 5.74) is 0.756. The number of sulfonamides is 1. The van der Waals surface area contributed by atoms with Gasteiger partial charge >= 0.3 is 0 Å². The van der Waals surface area contributed by atoms with Gasteiger partial charge in [-0.25, -0.2) is 8.42 Å². The molecule has 2 aromatic carbocycles. The molecule has 2 aliphatic rings. The Kier molecular flexibility index (Phi) is 6.44. The van der Waals surface area contributed by atoms with Gasteiger partial charge in [-0.15, -0.1) is 0 Å². The molecule has 170 valence electrons. The fraction of sp³-hybridized carbons (Fsp3) is 0.391. The average molecular weight is 476 g/mol. The van der Waals surface area contributed by atoms with Crippen LogP contribution in [0, 0.1) is 0 Å². The van der Waals surface area contributed by atoms with E-state index < -0.39 is 15.4 Å². The molecule has 1 heterocycles. The van der Waals surface area contributed by atoms with Crippen molar-refractivity contribution < 1.29 is 18.0 Å². The summed E-state index contributed by atoms with van der Waals surface area (Å²) in [7, 11) is -3.72. The molecular formula is C23H26ClN3O4S. The fourth-order valence-electron chi connectivity index (χ4n) is 4.04. The first-order valence-corrected chi connectivity index (χ1v) is 12.6. The Bertz CT molecular complexity index is 1100. The van der Waals surface area contributed by atoms with Crippen molar-refractivity contribution in [3.05, 3.63) is 59.1 Å². The van der Waals surface area contributed by atoms with Gasteiger partial charge < -0.3 is 10.2 Å². The molecule has 4 rings (SSSR count). The van der Waals surface area contributed by atoms with Crippen LogP contribution in [-0.2, 0) is 25.0 Å². The molecule has 0 aromatic heterocycles. The van der Waals surface area contributed by atoms with Gasteiger partial charge in [-0.3, -0.25) is 14.3 Å². The fourth-order valence-corrected chi connectivity index (χ4v) is 5.22. The van der Waals surface area contributed by atoms with Crippen LogP contribution in [0.3, 0.4) is 0 Å². The molecule has 0 unspecified atom stereocenters. The number of carbonyl (C=O) groups is 2. The van der Waals surface area contributed by atoms with E-state index in [1.807, 2.05) is 4.90 Å². The third kappa shape index (κ3) is 4.91. The van der Waals surface area contributed by atoms with Crippen LogP contribution in [-0.4, -0.2) is 44.8 Å². The number of hydrogen-bond donors (Lipinski definition) is 2. The second kappa shape index (κ2) is 9.11. The van der Waals surface area contributed by atoms with Crippen LogP contribution in [0.15, 0.2) is 53.4 Å². The van der Waals surface area contributed by atoms with Crippen LogP contribution in [0.2, 0.25) is 5.02 Å². The van der Waals surface area contributed by atoms with Crippen molar-refractivity contribution in [1.82, 2.24) is 10.2 Å². The minimum Gasteiger partial charge on any atom is -0.355 e. The highest BCUT2D eigenvalue weighted by molar-refractivity contribution is 7.92. The van der Waals surface area contributed by atoms with Gasteiger partial charge in [0.25, 0.3) is 10.0 Å². The topological polar surface area (TPSA) is 95.6 Å². The number of amides is 2. The van der Waals surface area contributed by atoms with E-state index in [2.05, 4.69) is 10.0 Å². The minimum atomic E-state index is -3.72. The van der Waals surface area contributed by atoms with Crippen LogP contribution in [0.4, 0.5) is 5.69 Å². The van der Waals surface area contributed by atoms with Crippen molar-refractivity contribution in [2.75, 3.05) is 24.4 Å². The monoisotopic (exact) mass is 475 g/mol. The van der Waals surface area contributed by atoms with Crippen LogP contribution in [0.1, 0.15) is 37.7 Å².